The van der Waals surface area contributed by atoms with Crippen LogP contribution in [0.3, 0.4) is 0 Å². The van der Waals surface area contributed by atoms with Crippen LogP contribution in [-0.4, -0.2) is 30.4 Å². The number of esters is 2. The van der Waals surface area contributed by atoms with Gasteiger partial charge in [0.2, 0.25) is 12.3 Å². The van der Waals surface area contributed by atoms with E-state index in [2.05, 4.69) is 18.2 Å². The van der Waals surface area contributed by atoms with Crippen molar-refractivity contribution >= 4 is 18.0 Å². The monoisotopic (exact) mass is 253 g/mol. The lowest BCUT2D eigenvalue weighted by Gasteiger charge is -2.19. The van der Waals surface area contributed by atoms with Gasteiger partial charge < -0.3 is 9.47 Å². The third-order valence-corrected chi connectivity index (χ3v) is 1.80. The van der Waals surface area contributed by atoms with Crippen LogP contribution < -0.4 is 0 Å². The second-order valence-electron chi connectivity index (χ2n) is 3.69. The van der Waals surface area contributed by atoms with Gasteiger partial charge in [0.05, 0.1) is 0 Å². The molecule has 0 spiro atoms. The minimum absolute atomic E-state index is 0.138. The van der Waals surface area contributed by atoms with E-state index in [9.17, 15) is 14.4 Å². The zero-order valence-electron chi connectivity index (χ0n) is 10.6. The number of carbonyl (C=O) groups excluding carboxylic acids is 3. The Labute approximate surface area is 105 Å². The number of ether oxygens (including phenoxy) is 2. The van der Waals surface area contributed by atoms with Gasteiger partial charge in [-0.3, -0.25) is 0 Å². The first-order valence-electron chi connectivity index (χ1n) is 5.09. The molecule has 0 rings (SSSR count). The van der Waals surface area contributed by atoms with Crippen LogP contribution in [0, 0.1) is 0 Å². The van der Waals surface area contributed by atoms with E-state index in [0.29, 0.717) is 0 Å². The molecule has 0 aromatic heterocycles. The summed E-state index contributed by atoms with van der Waals surface area (Å²) in [4.78, 5) is 36.0. The van der Waals surface area contributed by atoms with Gasteiger partial charge in [0, 0.05) is 11.1 Å². The first kappa shape index (κ1) is 15.8. The number of hydrogen-bond acceptors (Lipinski definition) is 6. The zero-order chi connectivity index (χ0) is 14.3. The molecule has 18 heavy (non-hydrogen) atoms. The summed E-state index contributed by atoms with van der Waals surface area (Å²) in [6, 6.07) is 0. The Balaban J connectivity index is 4.74. The predicted molar refractivity (Wildman–Crippen MR) is 63.2 cm³/mol. The van der Waals surface area contributed by atoms with Crippen molar-refractivity contribution in [2.45, 2.75) is 33.1 Å². The summed E-state index contributed by atoms with van der Waals surface area (Å²) in [5.41, 5.74) is 0.321. The second-order valence-corrected chi connectivity index (χ2v) is 3.69. The molecule has 0 aromatic rings. The zero-order valence-corrected chi connectivity index (χ0v) is 10.6. The first-order chi connectivity index (χ1) is 8.29. The summed E-state index contributed by atoms with van der Waals surface area (Å²) in [5.74, 6) is -1.41. The molecule has 2 atom stereocenters. The van der Waals surface area contributed by atoms with Gasteiger partial charge in [0.25, 0.3) is 0 Å². The summed E-state index contributed by atoms with van der Waals surface area (Å²) in [7, 11) is 0. The molecule has 6 heteroatoms. The smallest absolute Gasteiger partial charge is 0.335 e. The van der Waals surface area contributed by atoms with Gasteiger partial charge >= 0.3 is 11.9 Å². The van der Waals surface area contributed by atoms with Gasteiger partial charge in [-0.2, -0.15) is 4.99 Å². The van der Waals surface area contributed by atoms with E-state index < -0.39 is 24.3 Å². The molecule has 0 aromatic carbocycles. The Morgan fingerprint density at radius 3 is 1.94 bits per heavy atom. The summed E-state index contributed by atoms with van der Waals surface area (Å²) in [6.45, 7) is 11.1. The predicted octanol–water partition coefficient (Wildman–Crippen LogP) is 1.28. The summed E-state index contributed by atoms with van der Waals surface area (Å²) < 4.78 is 9.71. The molecule has 0 bridgehead atoms. The molecule has 0 aliphatic heterocycles. The third kappa shape index (κ3) is 5.23. The average Bonchev–Trinajstić information content (AvgIpc) is 2.27. The molecule has 0 amide bonds. The van der Waals surface area contributed by atoms with Crippen molar-refractivity contribution in [3.63, 3.8) is 0 Å². The van der Waals surface area contributed by atoms with Crippen LogP contribution in [-0.2, 0) is 23.9 Å². The molecule has 0 heterocycles. The maximum atomic E-state index is 11.3. The molecule has 2 unspecified atom stereocenters. The van der Waals surface area contributed by atoms with E-state index in [-0.39, 0.29) is 11.1 Å². The van der Waals surface area contributed by atoms with Crippen molar-refractivity contribution in [2.75, 3.05) is 0 Å². The highest BCUT2D eigenvalue weighted by molar-refractivity contribution is 5.88. The quantitative estimate of drug-likeness (QED) is 0.308. The van der Waals surface area contributed by atoms with Crippen molar-refractivity contribution < 1.29 is 23.9 Å². The molecule has 6 nitrogen and oxygen atoms in total. The summed E-state index contributed by atoms with van der Waals surface area (Å²) in [5, 5.41) is 0. The Hall–Kier alpha value is -2.20. The molecule has 0 radical (unpaired) electrons. The van der Waals surface area contributed by atoms with Crippen LogP contribution in [0.4, 0.5) is 0 Å². The molecule has 98 valence electrons. The minimum Gasteiger partial charge on any atom is -0.453 e. The Bertz CT molecular complexity index is 420. The van der Waals surface area contributed by atoms with E-state index in [0.717, 1.165) is 0 Å². The van der Waals surface area contributed by atoms with E-state index in [4.69, 9.17) is 9.47 Å². The van der Waals surface area contributed by atoms with Gasteiger partial charge in [0.1, 0.15) is 0 Å². The van der Waals surface area contributed by atoms with Crippen LogP contribution >= 0.6 is 0 Å². The van der Waals surface area contributed by atoms with E-state index in [1.165, 1.54) is 26.9 Å². The standard InChI is InChI=1S/C12H15NO5/c1-7(2)11(15)17-9(5)10(13-6-14)18-12(16)8(3)4/h9-10H,1,3H2,2,4-5H3. The van der Waals surface area contributed by atoms with Crippen LogP contribution in [0.25, 0.3) is 0 Å². The van der Waals surface area contributed by atoms with Gasteiger partial charge in [-0.05, 0) is 20.8 Å². The fourth-order valence-corrected chi connectivity index (χ4v) is 0.817. The topological polar surface area (TPSA) is 82.0 Å². The van der Waals surface area contributed by atoms with Crippen molar-refractivity contribution in [1.82, 2.24) is 0 Å². The highest BCUT2D eigenvalue weighted by Gasteiger charge is 2.24. The van der Waals surface area contributed by atoms with Gasteiger partial charge in [-0.1, -0.05) is 13.2 Å². The van der Waals surface area contributed by atoms with Crippen molar-refractivity contribution in [3.05, 3.63) is 24.3 Å². The van der Waals surface area contributed by atoms with Gasteiger partial charge in [0.15, 0.2) is 6.10 Å². The number of isocyanates is 1. The number of nitrogens with zero attached hydrogens (tertiary/aromatic N) is 1. The average molecular weight is 253 g/mol. The summed E-state index contributed by atoms with van der Waals surface area (Å²) >= 11 is 0. The van der Waals surface area contributed by atoms with E-state index >= 15 is 0 Å². The Morgan fingerprint density at radius 2 is 1.56 bits per heavy atom. The highest BCUT2D eigenvalue weighted by atomic mass is 16.6. The molecule has 0 saturated heterocycles. The van der Waals surface area contributed by atoms with Crippen molar-refractivity contribution in [3.8, 4) is 0 Å². The Kier molecular flexibility index (Phi) is 6.31. The van der Waals surface area contributed by atoms with Gasteiger partial charge in [-0.15, -0.1) is 0 Å². The maximum absolute atomic E-state index is 11.3. The second kappa shape index (κ2) is 7.19. The summed E-state index contributed by atoms with van der Waals surface area (Å²) in [6.07, 6.45) is -0.936. The minimum atomic E-state index is -1.25. The molecular weight excluding hydrogens is 238 g/mol. The molecular formula is C12H15NO5. The SMILES string of the molecule is C=C(C)C(=O)OC(C)C(N=C=O)OC(=O)C(=C)C. The normalized spacial score (nSPS) is 12.6. The first-order valence-corrected chi connectivity index (χ1v) is 5.09. The maximum Gasteiger partial charge on any atom is 0.335 e. The van der Waals surface area contributed by atoms with Crippen LogP contribution in [0.1, 0.15) is 20.8 Å². The number of hydrogen-bond donors (Lipinski definition) is 0. The van der Waals surface area contributed by atoms with Gasteiger partial charge in [-0.25, -0.2) is 14.4 Å². The lowest BCUT2D eigenvalue weighted by Crippen LogP contribution is -2.32. The molecule has 0 aliphatic carbocycles. The highest BCUT2D eigenvalue weighted by Crippen LogP contribution is 2.09. The molecule has 0 N–H and O–H groups in total. The molecule has 0 aliphatic rings. The largest absolute Gasteiger partial charge is 0.453 e. The van der Waals surface area contributed by atoms with Crippen LogP contribution in [0.5, 0.6) is 0 Å². The van der Waals surface area contributed by atoms with Crippen LogP contribution in [0.2, 0.25) is 0 Å². The van der Waals surface area contributed by atoms with E-state index in [1.54, 1.807) is 0 Å². The van der Waals surface area contributed by atoms with Crippen molar-refractivity contribution in [2.24, 2.45) is 4.99 Å². The van der Waals surface area contributed by atoms with E-state index in [1.807, 2.05) is 0 Å². The fraction of sp³-hybridized carbons (Fsp3) is 0.417. The number of rotatable bonds is 6. The fourth-order valence-electron chi connectivity index (χ4n) is 0.817. The molecule has 0 saturated carbocycles. The van der Waals surface area contributed by atoms with Crippen LogP contribution in [0.15, 0.2) is 29.3 Å². The third-order valence-electron chi connectivity index (χ3n) is 1.80. The number of carbonyl (C=O) groups is 2. The molecule has 0 fully saturated rings. The lowest BCUT2D eigenvalue weighted by molar-refractivity contribution is -0.160. The Morgan fingerprint density at radius 1 is 1.11 bits per heavy atom. The van der Waals surface area contributed by atoms with Crippen molar-refractivity contribution in [1.29, 1.82) is 0 Å². The number of aliphatic imine (C=N–C) groups is 1. The lowest BCUT2D eigenvalue weighted by atomic mass is 10.3.